The Labute approximate surface area is 53.3 Å². The van der Waals surface area contributed by atoms with Crippen LogP contribution in [0.15, 0.2) is 0 Å². The molecule has 2 atom stereocenters. The summed E-state index contributed by atoms with van der Waals surface area (Å²) in [6, 6.07) is -1.14. The summed E-state index contributed by atoms with van der Waals surface area (Å²) in [5.41, 5.74) is 5.02. The largest absolute Gasteiger partial charge is 0.480 e. The Balaban J connectivity index is 3.72. The highest BCUT2D eigenvalue weighted by Gasteiger charge is 2.19. The van der Waals surface area contributed by atoms with Crippen molar-refractivity contribution in [3.05, 3.63) is 0 Å². The molecule has 0 aromatic heterocycles. The van der Waals surface area contributed by atoms with Crippen LogP contribution in [0, 0.1) is 0 Å². The number of carbonyl (C=O) groups is 1. The lowest BCUT2D eigenvalue weighted by molar-refractivity contribution is -0.141. The fourth-order valence-corrected chi connectivity index (χ4v) is 0.419. The average Bonchev–Trinajstić information content (AvgIpc) is 1.84. The lowest BCUT2D eigenvalue weighted by Gasteiger charge is -2.10. The van der Waals surface area contributed by atoms with E-state index in [-0.39, 0.29) is 0 Å². The first-order valence-corrected chi connectivity index (χ1v) is 2.76. The zero-order valence-electron chi connectivity index (χ0n) is 5.24. The topological polar surface area (TPSA) is 83.5 Å². The lowest BCUT2D eigenvalue weighted by atomic mass is 10.1. The summed E-state index contributed by atoms with van der Waals surface area (Å²) in [5, 5.41) is 17.0. The maximum Gasteiger partial charge on any atom is 0.323 e. The van der Waals surface area contributed by atoms with Gasteiger partial charge in [0.05, 0.1) is 6.10 Å². The van der Waals surface area contributed by atoms with Gasteiger partial charge in [0, 0.05) is 0 Å². The van der Waals surface area contributed by atoms with E-state index in [9.17, 15) is 4.79 Å². The maximum absolute atomic E-state index is 10.0. The standard InChI is InChI=1S/C5H11NO3/c1-2-3(7)4(6)5(8)9/h3-4,7H,2,6H2,1H3,(H,8,9)/t3?,4-/m0/s1. The number of nitrogens with two attached hydrogens (primary N) is 1. The minimum Gasteiger partial charge on any atom is -0.480 e. The van der Waals surface area contributed by atoms with E-state index in [2.05, 4.69) is 0 Å². The first kappa shape index (κ1) is 8.39. The second-order valence-corrected chi connectivity index (χ2v) is 1.84. The predicted octanol–water partition coefficient (Wildman–Crippen LogP) is -0.831. The molecule has 4 heteroatoms. The second-order valence-electron chi connectivity index (χ2n) is 1.84. The molecular formula is C5H11NO3. The highest BCUT2D eigenvalue weighted by Crippen LogP contribution is 1.94. The van der Waals surface area contributed by atoms with Crippen molar-refractivity contribution in [1.82, 2.24) is 0 Å². The van der Waals surface area contributed by atoms with Crippen LogP contribution in [0.25, 0.3) is 0 Å². The molecule has 0 fully saturated rings. The van der Waals surface area contributed by atoms with Crippen LogP contribution in [0.1, 0.15) is 13.3 Å². The molecule has 0 bridgehead atoms. The van der Waals surface area contributed by atoms with Crippen molar-refractivity contribution in [2.24, 2.45) is 5.73 Å². The van der Waals surface area contributed by atoms with Gasteiger partial charge in [-0.05, 0) is 6.42 Å². The van der Waals surface area contributed by atoms with Crippen molar-refractivity contribution >= 4 is 5.97 Å². The SMILES string of the molecule is CCC(O)[C@H](N)C(=O)O. The molecular weight excluding hydrogens is 122 g/mol. The van der Waals surface area contributed by atoms with Crippen LogP contribution < -0.4 is 5.73 Å². The molecule has 0 saturated heterocycles. The van der Waals surface area contributed by atoms with E-state index >= 15 is 0 Å². The van der Waals surface area contributed by atoms with Gasteiger partial charge in [0.1, 0.15) is 6.04 Å². The lowest BCUT2D eigenvalue weighted by Crippen LogP contribution is -2.41. The van der Waals surface area contributed by atoms with Crippen LogP contribution in [-0.2, 0) is 4.79 Å². The number of aliphatic hydroxyl groups excluding tert-OH is 1. The first-order valence-electron chi connectivity index (χ1n) is 2.76. The molecule has 1 unspecified atom stereocenters. The molecule has 54 valence electrons. The third kappa shape index (κ3) is 2.43. The molecule has 0 aromatic rings. The summed E-state index contributed by atoms with van der Waals surface area (Å²) >= 11 is 0. The molecule has 0 radical (unpaired) electrons. The summed E-state index contributed by atoms with van der Waals surface area (Å²) in [7, 11) is 0. The maximum atomic E-state index is 10.0. The fraction of sp³-hybridized carbons (Fsp3) is 0.800. The van der Waals surface area contributed by atoms with Gasteiger partial charge < -0.3 is 15.9 Å². The zero-order valence-corrected chi connectivity index (χ0v) is 5.24. The van der Waals surface area contributed by atoms with Gasteiger partial charge in [0.2, 0.25) is 0 Å². The molecule has 0 aliphatic heterocycles. The van der Waals surface area contributed by atoms with Gasteiger partial charge in [-0.1, -0.05) is 6.92 Å². The number of hydrogen-bond acceptors (Lipinski definition) is 3. The van der Waals surface area contributed by atoms with E-state index in [4.69, 9.17) is 15.9 Å². The third-order valence-electron chi connectivity index (χ3n) is 1.12. The predicted molar refractivity (Wildman–Crippen MR) is 31.9 cm³/mol. The molecule has 0 spiro atoms. The number of carboxylic acid groups (broad SMARTS) is 1. The summed E-state index contributed by atoms with van der Waals surface area (Å²) in [4.78, 5) is 10.0. The highest BCUT2D eigenvalue weighted by atomic mass is 16.4. The van der Waals surface area contributed by atoms with E-state index in [1.807, 2.05) is 0 Å². The van der Waals surface area contributed by atoms with Crippen molar-refractivity contribution < 1.29 is 15.0 Å². The van der Waals surface area contributed by atoms with Crippen molar-refractivity contribution in [2.75, 3.05) is 0 Å². The Bertz CT molecular complexity index is 104. The third-order valence-corrected chi connectivity index (χ3v) is 1.12. The molecule has 4 N–H and O–H groups in total. The number of aliphatic hydroxyl groups is 1. The Morgan fingerprint density at radius 3 is 2.33 bits per heavy atom. The molecule has 0 aliphatic rings. The van der Waals surface area contributed by atoms with Gasteiger partial charge in [-0.15, -0.1) is 0 Å². The van der Waals surface area contributed by atoms with Crippen LogP contribution >= 0.6 is 0 Å². The van der Waals surface area contributed by atoms with Crippen molar-refractivity contribution in [2.45, 2.75) is 25.5 Å². The Morgan fingerprint density at radius 1 is 1.78 bits per heavy atom. The number of rotatable bonds is 3. The summed E-state index contributed by atoms with van der Waals surface area (Å²) in [6.45, 7) is 1.67. The molecule has 4 nitrogen and oxygen atoms in total. The molecule has 0 aromatic carbocycles. The van der Waals surface area contributed by atoms with E-state index in [0.717, 1.165) is 0 Å². The molecule has 0 heterocycles. The second kappa shape index (κ2) is 3.42. The molecule has 0 saturated carbocycles. The van der Waals surface area contributed by atoms with Gasteiger partial charge in [-0.2, -0.15) is 0 Å². The molecule has 9 heavy (non-hydrogen) atoms. The minimum absolute atomic E-state index is 0.369. The van der Waals surface area contributed by atoms with Crippen molar-refractivity contribution in [3.63, 3.8) is 0 Å². The Kier molecular flexibility index (Phi) is 3.19. The van der Waals surface area contributed by atoms with Crippen LogP contribution in [0.3, 0.4) is 0 Å². The quantitative estimate of drug-likeness (QED) is 0.469. The average molecular weight is 133 g/mol. The van der Waals surface area contributed by atoms with E-state index in [0.29, 0.717) is 6.42 Å². The smallest absolute Gasteiger partial charge is 0.323 e. The molecule has 0 rings (SSSR count). The first-order chi connectivity index (χ1) is 4.09. The summed E-state index contributed by atoms with van der Waals surface area (Å²) in [6.07, 6.45) is -0.560. The Hall–Kier alpha value is -0.610. The van der Waals surface area contributed by atoms with Gasteiger partial charge in [-0.3, -0.25) is 4.79 Å². The van der Waals surface area contributed by atoms with Crippen molar-refractivity contribution in [3.8, 4) is 0 Å². The summed E-state index contributed by atoms with van der Waals surface area (Å²) in [5.74, 6) is -1.16. The van der Waals surface area contributed by atoms with Crippen LogP contribution in [0.4, 0.5) is 0 Å². The number of carboxylic acids is 1. The number of aliphatic carboxylic acids is 1. The minimum atomic E-state index is -1.16. The Morgan fingerprint density at radius 2 is 2.22 bits per heavy atom. The van der Waals surface area contributed by atoms with E-state index < -0.39 is 18.1 Å². The van der Waals surface area contributed by atoms with E-state index in [1.54, 1.807) is 6.92 Å². The van der Waals surface area contributed by atoms with Gasteiger partial charge >= 0.3 is 5.97 Å². The monoisotopic (exact) mass is 133 g/mol. The van der Waals surface area contributed by atoms with Crippen LogP contribution in [-0.4, -0.2) is 28.3 Å². The van der Waals surface area contributed by atoms with Gasteiger partial charge in [-0.25, -0.2) is 0 Å². The normalized spacial score (nSPS) is 16.8. The highest BCUT2D eigenvalue weighted by molar-refractivity contribution is 5.73. The molecule has 0 amide bonds. The van der Waals surface area contributed by atoms with Gasteiger partial charge in [0.25, 0.3) is 0 Å². The van der Waals surface area contributed by atoms with Crippen LogP contribution in [0.5, 0.6) is 0 Å². The summed E-state index contributed by atoms with van der Waals surface area (Å²) < 4.78 is 0. The molecule has 0 aliphatic carbocycles. The van der Waals surface area contributed by atoms with E-state index in [1.165, 1.54) is 0 Å². The number of hydrogen-bond donors (Lipinski definition) is 3. The zero-order chi connectivity index (χ0) is 7.44. The fourth-order valence-electron chi connectivity index (χ4n) is 0.419. The van der Waals surface area contributed by atoms with Crippen molar-refractivity contribution in [1.29, 1.82) is 0 Å². The van der Waals surface area contributed by atoms with Crippen LogP contribution in [0.2, 0.25) is 0 Å². The van der Waals surface area contributed by atoms with Gasteiger partial charge in [0.15, 0.2) is 0 Å².